The van der Waals surface area contributed by atoms with Gasteiger partial charge in [0.05, 0.1) is 17.2 Å². The number of unbranched alkanes of at least 4 members (excludes halogenated alkanes) is 9. The maximum atomic E-state index is 14.0. The predicted octanol–water partition coefficient (Wildman–Crippen LogP) is 11.6. The van der Waals surface area contributed by atoms with Crippen molar-refractivity contribution in [2.24, 2.45) is 0 Å². The minimum atomic E-state index is -0.535. The Balaban J connectivity index is 1.61. The molecule has 0 aliphatic heterocycles. The number of carbonyl (C=O) groups excluding carboxylic acids is 1. The first-order valence-corrected chi connectivity index (χ1v) is 17.2. The van der Waals surface area contributed by atoms with Crippen molar-refractivity contribution in [1.29, 1.82) is 0 Å². The van der Waals surface area contributed by atoms with Gasteiger partial charge in [0.25, 0.3) is 0 Å². The molecule has 0 spiro atoms. The Labute approximate surface area is 264 Å². The van der Waals surface area contributed by atoms with Gasteiger partial charge in [-0.3, -0.25) is 4.79 Å². The highest BCUT2D eigenvalue weighted by molar-refractivity contribution is 7.97. The van der Waals surface area contributed by atoms with Crippen molar-refractivity contribution >= 4 is 39.9 Å². The predicted molar refractivity (Wildman–Crippen MR) is 179 cm³/mol. The van der Waals surface area contributed by atoms with Crippen molar-refractivity contribution in [1.82, 2.24) is 0 Å². The van der Waals surface area contributed by atoms with Crippen molar-refractivity contribution in [2.75, 3.05) is 6.61 Å². The lowest BCUT2D eigenvalue weighted by Gasteiger charge is -2.17. The molecule has 0 aromatic heterocycles. The summed E-state index contributed by atoms with van der Waals surface area (Å²) in [7, 11) is -0.535. The molecule has 0 N–H and O–H groups in total. The average Bonchev–Trinajstić information content (AvgIpc) is 3.01. The van der Waals surface area contributed by atoms with Gasteiger partial charge < -0.3 is 4.74 Å². The summed E-state index contributed by atoms with van der Waals surface area (Å²) in [6.45, 7) is 2.80. The van der Waals surface area contributed by atoms with Gasteiger partial charge in [0.1, 0.15) is 10.9 Å². The zero-order chi connectivity index (χ0) is 29.6. The van der Waals surface area contributed by atoms with Crippen molar-refractivity contribution < 1.29 is 9.53 Å². The second-order valence-electron chi connectivity index (χ2n) is 10.6. The molecule has 0 atom stereocenters. The Morgan fingerprint density at radius 2 is 1.17 bits per heavy atom. The van der Waals surface area contributed by atoms with E-state index >= 15 is 0 Å². The molecule has 42 heavy (non-hydrogen) atoms. The Morgan fingerprint density at radius 1 is 0.643 bits per heavy atom. The van der Waals surface area contributed by atoms with Gasteiger partial charge in [0.2, 0.25) is 4.90 Å². The first-order valence-electron chi connectivity index (χ1n) is 15.2. The maximum Gasteiger partial charge on any atom is 0.210 e. The van der Waals surface area contributed by atoms with Crippen LogP contribution in [0.15, 0.2) is 112 Å². The summed E-state index contributed by atoms with van der Waals surface area (Å²) in [6.07, 6.45) is 12.5. The van der Waals surface area contributed by atoms with E-state index in [0.29, 0.717) is 33.5 Å². The van der Waals surface area contributed by atoms with Gasteiger partial charge in [-0.15, -0.1) is 0 Å². The lowest BCUT2D eigenvalue weighted by Crippen LogP contribution is -2.13. The van der Waals surface area contributed by atoms with Crippen molar-refractivity contribution in [3.63, 3.8) is 0 Å². The summed E-state index contributed by atoms with van der Waals surface area (Å²) >= 11 is 13.2. The van der Waals surface area contributed by atoms with E-state index in [1.807, 2.05) is 54.6 Å². The van der Waals surface area contributed by atoms with Crippen LogP contribution in [-0.2, 0) is 10.9 Å². The lowest BCUT2D eigenvalue weighted by atomic mass is 10.0. The largest absolute Gasteiger partial charge is 0.488 e. The number of benzene rings is 4. The maximum absolute atomic E-state index is 14.0. The molecule has 0 fully saturated rings. The molecule has 220 valence electrons. The summed E-state index contributed by atoms with van der Waals surface area (Å²) in [4.78, 5) is 17.1. The number of ketones is 1. The molecule has 0 bridgehead atoms. The van der Waals surface area contributed by atoms with Crippen molar-refractivity contribution in [2.45, 2.75) is 85.8 Å². The van der Waals surface area contributed by atoms with E-state index in [1.165, 1.54) is 51.4 Å². The Morgan fingerprint density at radius 3 is 1.74 bits per heavy atom. The minimum absolute atomic E-state index is 0.188. The topological polar surface area (TPSA) is 26.3 Å². The molecule has 4 aromatic carbocycles. The number of hydrogen-bond donors (Lipinski definition) is 0. The molecule has 2 nitrogen and oxygen atoms in total. The van der Waals surface area contributed by atoms with Gasteiger partial charge in [-0.2, -0.15) is 0 Å². The summed E-state index contributed by atoms with van der Waals surface area (Å²) in [6, 6.07) is 31.5. The molecular weight excluding hydrogens is 579 g/mol. The number of ether oxygens (including phenoxy) is 1. The van der Waals surface area contributed by atoms with E-state index in [0.717, 1.165) is 27.5 Å². The number of halogens is 2. The third-order valence-electron chi connectivity index (χ3n) is 7.30. The van der Waals surface area contributed by atoms with Crippen LogP contribution in [-0.4, -0.2) is 12.4 Å². The summed E-state index contributed by atoms with van der Waals surface area (Å²) < 4.78 is 6.59. The van der Waals surface area contributed by atoms with Gasteiger partial charge in [-0.05, 0) is 48.9 Å². The Kier molecular flexibility index (Phi) is 13.3. The molecule has 0 heterocycles. The standard InChI is InChI=1S/C37H41Cl2O2S/c1-2-3-4-5-6-7-8-9-10-19-26-41-37-33(36(40)32-24-17-18-25-34(32)39)27-29(38)28-35(37)42(30-20-13-11-14-21-30)31-22-15-12-16-23-31/h11-18,20-25,27-28H,2-10,19,26H2,1H3/q+1. The SMILES string of the molecule is CCCCCCCCCCCCOc1c(C(=O)c2ccccc2Cl)cc(Cl)cc1[S+](c1ccccc1)c1ccccc1. The first kappa shape index (κ1) is 32.2. The number of carbonyl (C=O) groups is 1. The molecular formula is C37H41Cl2O2S+. The molecule has 0 aliphatic carbocycles. The fourth-order valence-electron chi connectivity index (χ4n) is 5.10. The summed E-state index contributed by atoms with van der Waals surface area (Å²) in [5.74, 6) is 0.406. The zero-order valence-corrected chi connectivity index (χ0v) is 26.8. The minimum Gasteiger partial charge on any atom is -0.488 e. The fourth-order valence-corrected chi connectivity index (χ4v) is 7.84. The number of rotatable bonds is 17. The van der Waals surface area contributed by atoms with Crippen molar-refractivity contribution in [3.05, 3.63) is 118 Å². The van der Waals surface area contributed by atoms with Gasteiger partial charge in [0.15, 0.2) is 21.3 Å². The lowest BCUT2D eigenvalue weighted by molar-refractivity contribution is 0.103. The average molecular weight is 621 g/mol. The van der Waals surface area contributed by atoms with E-state index in [1.54, 1.807) is 18.2 Å². The monoisotopic (exact) mass is 619 g/mol. The molecule has 0 radical (unpaired) electrons. The van der Waals surface area contributed by atoms with E-state index in [2.05, 4.69) is 31.2 Å². The highest BCUT2D eigenvalue weighted by Gasteiger charge is 2.35. The third-order valence-corrected chi connectivity index (χ3v) is 10.1. The normalized spacial score (nSPS) is 11.1. The van der Waals surface area contributed by atoms with Crippen LogP contribution in [0.2, 0.25) is 10.0 Å². The Bertz CT molecular complexity index is 1350. The van der Waals surface area contributed by atoms with Crippen LogP contribution >= 0.6 is 23.2 Å². The van der Waals surface area contributed by atoms with Gasteiger partial charge in [0, 0.05) is 16.7 Å². The van der Waals surface area contributed by atoms with E-state index in [9.17, 15) is 4.79 Å². The van der Waals surface area contributed by atoms with Crippen LogP contribution in [0.1, 0.15) is 87.1 Å². The van der Waals surface area contributed by atoms with Gasteiger partial charge in [-0.25, -0.2) is 0 Å². The van der Waals surface area contributed by atoms with E-state index in [-0.39, 0.29) is 5.78 Å². The molecule has 4 rings (SSSR count). The summed E-state index contributed by atoms with van der Waals surface area (Å²) in [5, 5.41) is 0.908. The molecule has 0 saturated carbocycles. The van der Waals surface area contributed by atoms with Crippen LogP contribution in [0.5, 0.6) is 5.75 Å². The smallest absolute Gasteiger partial charge is 0.210 e. The molecule has 0 aliphatic rings. The summed E-state index contributed by atoms with van der Waals surface area (Å²) in [5.41, 5.74) is 0.887. The third kappa shape index (κ3) is 9.14. The van der Waals surface area contributed by atoms with Crippen LogP contribution in [0.3, 0.4) is 0 Å². The second kappa shape index (κ2) is 17.4. The molecule has 0 unspecified atom stereocenters. The van der Waals surface area contributed by atoms with E-state index in [4.69, 9.17) is 27.9 Å². The van der Waals surface area contributed by atoms with Crippen LogP contribution < -0.4 is 4.74 Å². The van der Waals surface area contributed by atoms with Crippen LogP contribution in [0, 0.1) is 0 Å². The quantitative estimate of drug-likeness (QED) is 0.0667. The van der Waals surface area contributed by atoms with Crippen molar-refractivity contribution in [3.8, 4) is 5.75 Å². The molecule has 0 amide bonds. The second-order valence-corrected chi connectivity index (χ2v) is 13.4. The van der Waals surface area contributed by atoms with E-state index < -0.39 is 10.9 Å². The van der Waals surface area contributed by atoms with Crippen LogP contribution in [0.4, 0.5) is 0 Å². The highest BCUT2D eigenvalue weighted by atomic mass is 35.5. The molecule has 0 saturated heterocycles. The number of hydrogen-bond acceptors (Lipinski definition) is 2. The van der Waals surface area contributed by atoms with Gasteiger partial charge >= 0.3 is 0 Å². The van der Waals surface area contributed by atoms with Crippen LogP contribution in [0.25, 0.3) is 0 Å². The molecule has 4 aromatic rings. The fraction of sp³-hybridized carbons (Fsp3) is 0.324. The first-order chi connectivity index (χ1) is 20.6. The molecule has 5 heteroatoms. The Hall–Kier alpha value is -2.72. The highest BCUT2D eigenvalue weighted by Crippen LogP contribution is 2.41. The zero-order valence-electron chi connectivity index (χ0n) is 24.5. The van der Waals surface area contributed by atoms with Gasteiger partial charge in [-0.1, -0.05) is 136 Å².